The summed E-state index contributed by atoms with van der Waals surface area (Å²) in [5, 5.41) is 8.99. The highest BCUT2D eigenvalue weighted by molar-refractivity contribution is 5.88. The van der Waals surface area contributed by atoms with Gasteiger partial charge in [0.2, 0.25) is 11.8 Å². The van der Waals surface area contributed by atoms with E-state index in [-0.39, 0.29) is 23.8 Å². The number of nitrogens with one attached hydrogen (secondary N) is 3. The van der Waals surface area contributed by atoms with Crippen LogP contribution in [-0.2, 0) is 9.59 Å². The molecule has 0 bridgehead atoms. The van der Waals surface area contributed by atoms with E-state index in [1.54, 1.807) is 0 Å². The minimum Gasteiger partial charge on any atom is -0.355 e. The van der Waals surface area contributed by atoms with Gasteiger partial charge in [-0.1, -0.05) is 26.0 Å². The van der Waals surface area contributed by atoms with E-state index in [0.717, 1.165) is 11.3 Å². The molecule has 1 unspecified atom stereocenters. The summed E-state index contributed by atoms with van der Waals surface area (Å²) >= 11 is 0. The summed E-state index contributed by atoms with van der Waals surface area (Å²) in [5.74, 6) is -0.00183. The Labute approximate surface area is 126 Å². The standard InChI is InChI=1S/C16H25N3O2/c1-11(2)16(21)18-9-8-17-12(3)14-6-5-7-15(10-14)19-13(4)20/h5-7,10-12,17H,8-9H2,1-4H3,(H,18,21)(H,19,20). The van der Waals surface area contributed by atoms with Crippen LogP contribution in [0.5, 0.6) is 0 Å². The Kier molecular flexibility index (Phi) is 6.88. The molecule has 1 aromatic rings. The quantitative estimate of drug-likeness (QED) is 0.674. The van der Waals surface area contributed by atoms with Crippen LogP contribution >= 0.6 is 0 Å². The monoisotopic (exact) mass is 291 g/mol. The van der Waals surface area contributed by atoms with Crippen LogP contribution in [0.15, 0.2) is 24.3 Å². The first-order chi connectivity index (χ1) is 9.90. The molecule has 0 fully saturated rings. The van der Waals surface area contributed by atoms with Crippen LogP contribution in [0.25, 0.3) is 0 Å². The lowest BCUT2D eigenvalue weighted by molar-refractivity contribution is -0.124. The second kappa shape index (κ2) is 8.42. The maximum absolute atomic E-state index is 11.4. The van der Waals surface area contributed by atoms with Crippen molar-refractivity contribution >= 4 is 17.5 Å². The lowest BCUT2D eigenvalue weighted by atomic mass is 10.1. The van der Waals surface area contributed by atoms with Crippen LogP contribution in [0.3, 0.4) is 0 Å². The average molecular weight is 291 g/mol. The zero-order valence-electron chi connectivity index (χ0n) is 13.2. The first kappa shape index (κ1) is 17.2. The van der Waals surface area contributed by atoms with Crippen molar-refractivity contribution in [3.05, 3.63) is 29.8 Å². The molecule has 1 aromatic carbocycles. The summed E-state index contributed by atoms with van der Waals surface area (Å²) in [7, 11) is 0. The Hall–Kier alpha value is -1.88. The molecule has 0 spiro atoms. The molecule has 3 N–H and O–H groups in total. The Morgan fingerprint density at radius 2 is 1.86 bits per heavy atom. The minimum absolute atomic E-state index is 0.0109. The normalized spacial score (nSPS) is 12.0. The van der Waals surface area contributed by atoms with Crippen molar-refractivity contribution in [2.75, 3.05) is 18.4 Å². The van der Waals surface area contributed by atoms with Gasteiger partial charge in [0.15, 0.2) is 0 Å². The summed E-state index contributed by atoms with van der Waals surface area (Å²) in [6, 6.07) is 7.89. The Morgan fingerprint density at radius 1 is 1.14 bits per heavy atom. The first-order valence-electron chi connectivity index (χ1n) is 7.28. The lowest BCUT2D eigenvalue weighted by Crippen LogP contribution is -2.35. The summed E-state index contributed by atoms with van der Waals surface area (Å²) in [4.78, 5) is 22.5. The van der Waals surface area contributed by atoms with Crippen molar-refractivity contribution in [3.8, 4) is 0 Å². The molecule has 5 heteroatoms. The third-order valence-electron chi connectivity index (χ3n) is 3.11. The molecule has 0 aliphatic heterocycles. The number of hydrogen-bond donors (Lipinski definition) is 3. The van der Waals surface area contributed by atoms with Gasteiger partial charge >= 0.3 is 0 Å². The fourth-order valence-corrected chi connectivity index (χ4v) is 1.89. The van der Waals surface area contributed by atoms with E-state index >= 15 is 0 Å². The Bertz CT molecular complexity index is 486. The molecule has 2 amide bonds. The first-order valence-corrected chi connectivity index (χ1v) is 7.28. The predicted octanol–water partition coefficient (Wildman–Crippen LogP) is 2.07. The molecule has 0 saturated carbocycles. The number of benzene rings is 1. The fraction of sp³-hybridized carbons (Fsp3) is 0.500. The molecule has 0 radical (unpaired) electrons. The Balaban J connectivity index is 2.43. The molecular formula is C16H25N3O2. The highest BCUT2D eigenvalue weighted by Gasteiger charge is 2.07. The summed E-state index contributed by atoms with van der Waals surface area (Å²) in [6.07, 6.45) is 0. The zero-order valence-corrected chi connectivity index (χ0v) is 13.2. The van der Waals surface area contributed by atoms with Crippen LogP contribution in [0.2, 0.25) is 0 Å². The SMILES string of the molecule is CC(=O)Nc1cccc(C(C)NCCNC(=O)C(C)C)c1. The van der Waals surface area contributed by atoms with Gasteiger partial charge in [-0.15, -0.1) is 0 Å². The number of rotatable bonds is 7. The van der Waals surface area contributed by atoms with Crippen LogP contribution < -0.4 is 16.0 Å². The third-order valence-corrected chi connectivity index (χ3v) is 3.11. The van der Waals surface area contributed by atoms with E-state index in [4.69, 9.17) is 0 Å². The average Bonchev–Trinajstić information content (AvgIpc) is 2.42. The second-order valence-corrected chi connectivity index (χ2v) is 5.43. The summed E-state index contributed by atoms with van der Waals surface area (Å²) in [6.45, 7) is 8.59. The van der Waals surface area contributed by atoms with Crippen molar-refractivity contribution in [2.45, 2.75) is 33.7 Å². The van der Waals surface area contributed by atoms with Crippen molar-refractivity contribution < 1.29 is 9.59 Å². The molecule has 0 aromatic heterocycles. The number of anilines is 1. The summed E-state index contributed by atoms with van der Waals surface area (Å²) in [5.41, 5.74) is 1.89. The maximum atomic E-state index is 11.4. The Morgan fingerprint density at radius 3 is 2.48 bits per heavy atom. The molecule has 1 atom stereocenters. The van der Waals surface area contributed by atoms with Gasteiger partial charge in [-0.05, 0) is 24.6 Å². The molecule has 21 heavy (non-hydrogen) atoms. The van der Waals surface area contributed by atoms with E-state index in [1.165, 1.54) is 6.92 Å². The van der Waals surface area contributed by atoms with E-state index in [1.807, 2.05) is 38.1 Å². The van der Waals surface area contributed by atoms with Crippen LogP contribution in [0.4, 0.5) is 5.69 Å². The molecule has 0 saturated heterocycles. The molecule has 0 aliphatic rings. The van der Waals surface area contributed by atoms with E-state index in [0.29, 0.717) is 13.1 Å². The van der Waals surface area contributed by atoms with Crippen molar-refractivity contribution in [1.29, 1.82) is 0 Å². The topological polar surface area (TPSA) is 70.2 Å². The lowest BCUT2D eigenvalue weighted by Gasteiger charge is -2.16. The van der Waals surface area contributed by atoms with Crippen molar-refractivity contribution in [2.24, 2.45) is 5.92 Å². The number of carbonyl (C=O) groups excluding carboxylic acids is 2. The van der Waals surface area contributed by atoms with Crippen LogP contribution in [0, 0.1) is 5.92 Å². The second-order valence-electron chi connectivity index (χ2n) is 5.43. The highest BCUT2D eigenvalue weighted by Crippen LogP contribution is 2.17. The number of hydrogen-bond acceptors (Lipinski definition) is 3. The van der Waals surface area contributed by atoms with Crippen molar-refractivity contribution in [3.63, 3.8) is 0 Å². The third kappa shape index (κ3) is 6.40. The number of carbonyl (C=O) groups is 2. The van der Waals surface area contributed by atoms with Gasteiger partial charge in [-0.25, -0.2) is 0 Å². The predicted molar refractivity (Wildman–Crippen MR) is 85.0 cm³/mol. The maximum Gasteiger partial charge on any atom is 0.222 e. The van der Waals surface area contributed by atoms with E-state index in [2.05, 4.69) is 22.9 Å². The molecular weight excluding hydrogens is 266 g/mol. The van der Waals surface area contributed by atoms with Crippen molar-refractivity contribution in [1.82, 2.24) is 10.6 Å². The van der Waals surface area contributed by atoms with Gasteiger partial charge in [-0.2, -0.15) is 0 Å². The van der Waals surface area contributed by atoms with Gasteiger partial charge in [0, 0.05) is 37.7 Å². The smallest absolute Gasteiger partial charge is 0.222 e. The molecule has 1 rings (SSSR count). The highest BCUT2D eigenvalue weighted by atomic mass is 16.2. The fourth-order valence-electron chi connectivity index (χ4n) is 1.89. The largest absolute Gasteiger partial charge is 0.355 e. The van der Waals surface area contributed by atoms with E-state index < -0.39 is 0 Å². The van der Waals surface area contributed by atoms with Crippen LogP contribution in [0.1, 0.15) is 39.3 Å². The van der Waals surface area contributed by atoms with E-state index in [9.17, 15) is 9.59 Å². The zero-order chi connectivity index (χ0) is 15.8. The van der Waals surface area contributed by atoms with Gasteiger partial charge in [0.1, 0.15) is 0 Å². The van der Waals surface area contributed by atoms with Crippen LogP contribution in [-0.4, -0.2) is 24.9 Å². The molecule has 0 aliphatic carbocycles. The van der Waals surface area contributed by atoms with Gasteiger partial charge in [-0.3, -0.25) is 9.59 Å². The molecule has 5 nitrogen and oxygen atoms in total. The number of amides is 2. The van der Waals surface area contributed by atoms with Gasteiger partial charge in [0.25, 0.3) is 0 Å². The van der Waals surface area contributed by atoms with Gasteiger partial charge < -0.3 is 16.0 Å². The minimum atomic E-state index is -0.0795. The molecule has 116 valence electrons. The molecule has 0 heterocycles. The van der Waals surface area contributed by atoms with Gasteiger partial charge in [0.05, 0.1) is 0 Å². The summed E-state index contributed by atoms with van der Waals surface area (Å²) < 4.78 is 0.